The predicted octanol–water partition coefficient (Wildman–Crippen LogP) is 4.63. The van der Waals surface area contributed by atoms with Crippen molar-refractivity contribution in [2.75, 3.05) is 0 Å². The van der Waals surface area contributed by atoms with E-state index in [1.54, 1.807) is 0 Å². The third kappa shape index (κ3) is 4.19. The van der Waals surface area contributed by atoms with E-state index in [9.17, 15) is 0 Å². The largest absolute Gasteiger partial charge is 0.357 e. The van der Waals surface area contributed by atoms with Crippen LogP contribution in [0.15, 0.2) is 83.1 Å². The molecule has 0 bridgehead atoms. The van der Waals surface area contributed by atoms with E-state index < -0.39 is 0 Å². The average Bonchev–Trinajstić information content (AvgIpc) is 3.07. The van der Waals surface area contributed by atoms with E-state index in [1.807, 2.05) is 98.3 Å². The predicted molar refractivity (Wildman–Crippen MR) is 104 cm³/mol. The first kappa shape index (κ1) is 17.5. The van der Waals surface area contributed by atoms with Gasteiger partial charge in [-0.25, -0.2) is 0 Å². The van der Waals surface area contributed by atoms with Crippen LogP contribution in [0, 0.1) is 0 Å². The zero-order valence-corrected chi connectivity index (χ0v) is 15.1. The van der Waals surface area contributed by atoms with Gasteiger partial charge in [-0.15, -0.1) is 0 Å². The molecule has 0 aliphatic carbocycles. The van der Waals surface area contributed by atoms with Gasteiger partial charge in [0.2, 0.25) is 0 Å². The summed E-state index contributed by atoms with van der Waals surface area (Å²) in [5.41, 5.74) is 3.45. The van der Waals surface area contributed by atoms with Gasteiger partial charge in [0.1, 0.15) is 11.4 Å². The molecule has 3 rings (SSSR count). The van der Waals surface area contributed by atoms with Crippen LogP contribution in [-0.4, -0.2) is 16.0 Å². The average molecular weight is 347 g/mol. The maximum atomic E-state index is 5.47. The number of para-hydroxylation sites is 2. The molecule has 3 aromatic rings. The molecule has 0 aliphatic rings. The summed E-state index contributed by atoms with van der Waals surface area (Å²) in [6, 6.07) is 23.0. The minimum atomic E-state index is 0.704. The van der Waals surface area contributed by atoms with Gasteiger partial charge >= 0.3 is 0 Å². The fourth-order valence-corrected chi connectivity index (χ4v) is 2.54. The van der Waals surface area contributed by atoms with Crippen LogP contribution in [0.2, 0.25) is 0 Å². The van der Waals surface area contributed by atoms with Gasteiger partial charge in [0, 0.05) is 7.05 Å². The summed E-state index contributed by atoms with van der Waals surface area (Å²) in [7, 11) is 1.97. The fraction of sp³-hybridized carbons (Fsp3) is 0.143. The molecule has 5 heteroatoms. The van der Waals surface area contributed by atoms with Gasteiger partial charge in [-0.2, -0.15) is 0 Å². The highest BCUT2D eigenvalue weighted by Crippen LogP contribution is 2.14. The van der Waals surface area contributed by atoms with E-state index in [-0.39, 0.29) is 0 Å². The van der Waals surface area contributed by atoms with Crippen LogP contribution >= 0.6 is 0 Å². The molecule has 0 saturated carbocycles. The number of benzene rings is 2. The van der Waals surface area contributed by atoms with Crippen LogP contribution in [0.25, 0.3) is 0 Å². The van der Waals surface area contributed by atoms with Crippen molar-refractivity contribution in [1.82, 2.24) is 4.57 Å². The Labute approximate surface area is 153 Å². The number of rotatable bonds is 6. The lowest BCUT2D eigenvalue weighted by Gasteiger charge is -2.07. The summed E-state index contributed by atoms with van der Waals surface area (Å²) < 4.78 is 2.01. The zero-order valence-electron chi connectivity index (χ0n) is 15.1. The second-order valence-electron chi connectivity index (χ2n) is 5.82. The smallest absolute Gasteiger partial charge is 0.157 e. The summed E-state index contributed by atoms with van der Waals surface area (Å²) in [6.07, 6.45) is 0. The molecule has 26 heavy (non-hydrogen) atoms. The third-order valence-corrected chi connectivity index (χ3v) is 3.93. The van der Waals surface area contributed by atoms with E-state index in [2.05, 4.69) is 10.3 Å². The summed E-state index contributed by atoms with van der Waals surface area (Å²) in [4.78, 5) is 10.9. The van der Waals surface area contributed by atoms with Crippen molar-refractivity contribution in [2.45, 2.75) is 13.8 Å². The molecule has 1 aromatic heterocycles. The zero-order chi connectivity index (χ0) is 18.4. The molecule has 0 atom stereocenters. The Hall–Kier alpha value is -3.34. The first-order valence-electron chi connectivity index (χ1n) is 8.35. The molecule has 0 saturated heterocycles. The standard InChI is InChI=1S/C21H21N3O2/c1-16(22-25-18-10-6-4-7-11-18)20-14-15-21(24(20)3)17(2)23-26-19-12-8-5-9-13-19/h4-15H,1-3H3/b22-16-,23-17+. The molecule has 132 valence electrons. The molecule has 0 spiro atoms. The van der Waals surface area contributed by atoms with Crippen LogP contribution in [0.5, 0.6) is 11.5 Å². The van der Waals surface area contributed by atoms with Gasteiger partial charge in [-0.05, 0) is 50.2 Å². The highest BCUT2D eigenvalue weighted by Gasteiger charge is 2.11. The minimum Gasteiger partial charge on any atom is -0.357 e. The molecule has 1 heterocycles. The van der Waals surface area contributed by atoms with E-state index in [0.29, 0.717) is 11.5 Å². The SMILES string of the molecule is C/C(=N/Oc1ccccc1)c1ccc(/C(C)=N/Oc2ccccc2)n1C. The molecule has 2 aromatic carbocycles. The normalized spacial score (nSPS) is 12.1. The van der Waals surface area contributed by atoms with E-state index in [4.69, 9.17) is 9.68 Å². The molecule has 0 radical (unpaired) electrons. The van der Waals surface area contributed by atoms with Gasteiger partial charge in [0.05, 0.1) is 11.4 Å². The van der Waals surface area contributed by atoms with Crippen LogP contribution < -0.4 is 9.68 Å². The molecular weight excluding hydrogens is 326 g/mol. The van der Waals surface area contributed by atoms with Crippen molar-refractivity contribution in [1.29, 1.82) is 0 Å². The number of nitrogens with zero attached hydrogens (tertiary/aromatic N) is 3. The van der Waals surface area contributed by atoms with Crippen molar-refractivity contribution in [2.24, 2.45) is 17.4 Å². The highest BCUT2D eigenvalue weighted by molar-refractivity contribution is 6.02. The maximum Gasteiger partial charge on any atom is 0.157 e. The Bertz CT molecular complexity index is 838. The Morgan fingerprint density at radius 3 is 1.42 bits per heavy atom. The van der Waals surface area contributed by atoms with E-state index in [0.717, 1.165) is 22.8 Å². The van der Waals surface area contributed by atoms with Crippen LogP contribution in [-0.2, 0) is 7.05 Å². The van der Waals surface area contributed by atoms with Crippen LogP contribution in [0.4, 0.5) is 0 Å². The highest BCUT2D eigenvalue weighted by atomic mass is 16.6. The maximum absolute atomic E-state index is 5.47. The van der Waals surface area contributed by atoms with Crippen molar-refractivity contribution in [3.05, 3.63) is 84.2 Å². The topological polar surface area (TPSA) is 48.1 Å². The number of aromatic nitrogens is 1. The van der Waals surface area contributed by atoms with Crippen LogP contribution in [0.3, 0.4) is 0 Å². The first-order chi connectivity index (χ1) is 12.6. The first-order valence-corrected chi connectivity index (χ1v) is 8.35. The minimum absolute atomic E-state index is 0.704. The Morgan fingerprint density at radius 2 is 1.04 bits per heavy atom. The molecule has 0 N–H and O–H groups in total. The second-order valence-corrected chi connectivity index (χ2v) is 5.82. The van der Waals surface area contributed by atoms with Gasteiger partial charge < -0.3 is 14.2 Å². The third-order valence-electron chi connectivity index (χ3n) is 3.93. The second kappa shape index (κ2) is 8.16. The van der Waals surface area contributed by atoms with Crippen LogP contribution in [0.1, 0.15) is 25.2 Å². The Kier molecular flexibility index (Phi) is 5.49. The van der Waals surface area contributed by atoms with Crippen molar-refractivity contribution in [3.8, 4) is 11.5 Å². The quantitative estimate of drug-likeness (QED) is 0.482. The van der Waals surface area contributed by atoms with Gasteiger partial charge in [0.25, 0.3) is 0 Å². The lowest BCUT2D eigenvalue weighted by Crippen LogP contribution is -2.10. The van der Waals surface area contributed by atoms with E-state index in [1.165, 1.54) is 0 Å². The molecule has 5 nitrogen and oxygen atoms in total. The molecular formula is C21H21N3O2. The summed E-state index contributed by atoms with van der Waals surface area (Å²) in [5, 5.41) is 8.43. The molecule has 0 amide bonds. The Morgan fingerprint density at radius 1 is 0.654 bits per heavy atom. The lowest BCUT2D eigenvalue weighted by atomic mass is 10.3. The number of hydrogen-bond donors (Lipinski definition) is 0. The van der Waals surface area contributed by atoms with Gasteiger partial charge in [-0.3, -0.25) is 0 Å². The number of hydrogen-bond acceptors (Lipinski definition) is 4. The summed E-state index contributed by atoms with van der Waals surface area (Å²) >= 11 is 0. The van der Waals surface area contributed by atoms with Gasteiger partial charge in [-0.1, -0.05) is 46.7 Å². The monoisotopic (exact) mass is 347 g/mol. The molecule has 0 fully saturated rings. The summed E-state index contributed by atoms with van der Waals surface area (Å²) in [5.74, 6) is 1.41. The molecule has 0 unspecified atom stereocenters. The summed E-state index contributed by atoms with van der Waals surface area (Å²) in [6.45, 7) is 3.82. The van der Waals surface area contributed by atoms with E-state index >= 15 is 0 Å². The molecule has 0 aliphatic heterocycles. The van der Waals surface area contributed by atoms with Crippen molar-refractivity contribution >= 4 is 11.4 Å². The van der Waals surface area contributed by atoms with Crippen molar-refractivity contribution < 1.29 is 9.68 Å². The fourth-order valence-electron chi connectivity index (χ4n) is 2.54. The Balaban J connectivity index is 1.74. The lowest BCUT2D eigenvalue weighted by molar-refractivity contribution is 0.340. The number of oxime groups is 2. The van der Waals surface area contributed by atoms with Crippen molar-refractivity contribution in [3.63, 3.8) is 0 Å². The van der Waals surface area contributed by atoms with Gasteiger partial charge in [0.15, 0.2) is 11.5 Å².